The number of hydrogen-bond acceptors (Lipinski definition) is 4. The van der Waals surface area contributed by atoms with E-state index in [-0.39, 0.29) is 48.9 Å². The Bertz CT molecular complexity index is 701. The van der Waals surface area contributed by atoms with Crippen molar-refractivity contribution in [3.63, 3.8) is 0 Å². The van der Waals surface area contributed by atoms with Gasteiger partial charge in [0.15, 0.2) is 5.60 Å². The standard InChI is InChI=1S/C30H56O7/c1-10-19(4)22(7)13-14-25(26(31)32)30(37,28(35)36)29(27(33)34,17-15-23(8)20(5)11-2)18-16-24(9)21(6)12-3/h19-25,37H,10-18H2,1-9H3,(H,31,32)(H,33,34)(H,35,36). The summed E-state index contributed by atoms with van der Waals surface area (Å²) in [6.45, 7) is 18.3. The van der Waals surface area contributed by atoms with E-state index >= 15 is 0 Å². The molecule has 0 aromatic heterocycles. The molecule has 218 valence electrons. The van der Waals surface area contributed by atoms with E-state index in [0.717, 1.165) is 19.3 Å². The highest BCUT2D eigenvalue weighted by molar-refractivity contribution is 5.93. The van der Waals surface area contributed by atoms with Gasteiger partial charge in [-0.2, -0.15) is 0 Å². The van der Waals surface area contributed by atoms with Crippen LogP contribution in [0.3, 0.4) is 0 Å². The van der Waals surface area contributed by atoms with E-state index in [1.807, 2.05) is 41.5 Å². The van der Waals surface area contributed by atoms with Crippen molar-refractivity contribution in [3.8, 4) is 0 Å². The molecule has 4 N–H and O–H groups in total. The fourth-order valence-electron chi connectivity index (χ4n) is 5.52. The quantitative estimate of drug-likeness (QED) is 0.134. The Kier molecular flexibility index (Phi) is 15.0. The molecule has 0 amide bonds. The maximum Gasteiger partial charge on any atom is 0.337 e. The monoisotopic (exact) mass is 528 g/mol. The Morgan fingerprint density at radius 3 is 1.19 bits per heavy atom. The van der Waals surface area contributed by atoms with Crippen molar-refractivity contribution in [2.45, 2.75) is 126 Å². The molecule has 0 heterocycles. The summed E-state index contributed by atoms with van der Waals surface area (Å²) in [5.41, 5.74) is -5.06. The summed E-state index contributed by atoms with van der Waals surface area (Å²) < 4.78 is 0. The van der Waals surface area contributed by atoms with Gasteiger partial charge in [0, 0.05) is 0 Å². The molecule has 0 rings (SSSR count). The first kappa shape index (κ1) is 35.4. The summed E-state index contributed by atoms with van der Waals surface area (Å²) in [5, 5.41) is 43.2. The number of aliphatic carboxylic acids is 3. The van der Waals surface area contributed by atoms with E-state index in [1.165, 1.54) is 0 Å². The second-order valence-electron chi connectivity index (χ2n) is 12.1. The van der Waals surface area contributed by atoms with Gasteiger partial charge in [0.05, 0.1) is 5.92 Å². The summed E-state index contributed by atoms with van der Waals surface area (Å²) in [6, 6.07) is 0. The van der Waals surface area contributed by atoms with Gasteiger partial charge in [0.1, 0.15) is 5.41 Å². The van der Waals surface area contributed by atoms with Gasteiger partial charge >= 0.3 is 17.9 Å². The van der Waals surface area contributed by atoms with Gasteiger partial charge in [0.25, 0.3) is 0 Å². The third-order valence-electron chi connectivity index (χ3n) is 10.1. The molecule has 7 nitrogen and oxygen atoms in total. The van der Waals surface area contributed by atoms with Gasteiger partial charge in [-0.05, 0) is 74.0 Å². The van der Waals surface area contributed by atoms with Crippen LogP contribution in [-0.2, 0) is 14.4 Å². The predicted molar refractivity (Wildman–Crippen MR) is 147 cm³/mol. The zero-order chi connectivity index (χ0) is 29.1. The van der Waals surface area contributed by atoms with Gasteiger partial charge in [-0.25, -0.2) is 4.79 Å². The van der Waals surface area contributed by atoms with Crippen LogP contribution in [0.15, 0.2) is 0 Å². The maximum absolute atomic E-state index is 13.1. The molecule has 37 heavy (non-hydrogen) atoms. The minimum absolute atomic E-state index is 0.0887. The summed E-state index contributed by atoms with van der Waals surface area (Å²) >= 11 is 0. The van der Waals surface area contributed by atoms with E-state index in [2.05, 4.69) is 20.8 Å². The molecule has 0 aliphatic heterocycles. The number of hydrogen-bond donors (Lipinski definition) is 4. The van der Waals surface area contributed by atoms with Crippen LogP contribution in [0.1, 0.15) is 120 Å². The largest absolute Gasteiger partial charge is 0.481 e. The molecule has 0 radical (unpaired) electrons. The summed E-state index contributed by atoms with van der Waals surface area (Å²) in [7, 11) is 0. The van der Waals surface area contributed by atoms with Crippen molar-refractivity contribution in [1.29, 1.82) is 0 Å². The molecule has 0 fully saturated rings. The van der Waals surface area contributed by atoms with Gasteiger partial charge < -0.3 is 20.4 Å². The normalized spacial score (nSPS) is 20.9. The fourth-order valence-corrected chi connectivity index (χ4v) is 5.52. The average molecular weight is 529 g/mol. The molecule has 0 aliphatic carbocycles. The van der Waals surface area contributed by atoms with E-state index in [0.29, 0.717) is 25.2 Å². The molecule has 0 bridgehead atoms. The minimum atomic E-state index is -2.94. The van der Waals surface area contributed by atoms with Gasteiger partial charge in [0.2, 0.25) is 0 Å². The molecule has 0 saturated heterocycles. The van der Waals surface area contributed by atoms with Crippen LogP contribution in [-0.4, -0.2) is 43.9 Å². The van der Waals surface area contributed by atoms with E-state index in [9.17, 15) is 34.8 Å². The number of carbonyl (C=O) groups is 3. The van der Waals surface area contributed by atoms with Crippen LogP contribution >= 0.6 is 0 Å². The molecule has 8 unspecified atom stereocenters. The number of rotatable bonds is 20. The van der Waals surface area contributed by atoms with Crippen LogP contribution in [0.25, 0.3) is 0 Å². The molecule has 0 aliphatic rings. The minimum Gasteiger partial charge on any atom is -0.481 e. The van der Waals surface area contributed by atoms with E-state index < -0.39 is 34.8 Å². The molecular formula is C30H56O7. The number of aliphatic hydroxyl groups is 1. The van der Waals surface area contributed by atoms with Crippen molar-refractivity contribution in [2.75, 3.05) is 0 Å². The van der Waals surface area contributed by atoms with Crippen molar-refractivity contribution < 1.29 is 34.8 Å². The highest BCUT2D eigenvalue weighted by Gasteiger charge is 2.65. The second kappa shape index (κ2) is 15.7. The summed E-state index contributed by atoms with van der Waals surface area (Å²) in [4.78, 5) is 38.5. The lowest BCUT2D eigenvalue weighted by Crippen LogP contribution is -2.64. The van der Waals surface area contributed by atoms with Crippen LogP contribution < -0.4 is 0 Å². The SMILES string of the molecule is CCC(C)C(C)CCC(C(=O)O)C(O)(C(=O)O)C(CCC(C)C(C)CC)(CCC(C)C(C)CC)C(=O)O. The molecule has 0 saturated carbocycles. The van der Waals surface area contributed by atoms with Crippen LogP contribution in [0.4, 0.5) is 0 Å². The van der Waals surface area contributed by atoms with Crippen molar-refractivity contribution >= 4 is 17.9 Å². The molecular weight excluding hydrogens is 472 g/mol. The Morgan fingerprint density at radius 2 is 0.919 bits per heavy atom. The molecule has 0 aromatic carbocycles. The zero-order valence-corrected chi connectivity index (χ0v) is 24.9. The summed E-state index contributed by atoms with van der Waals surface area (Å²) in [5.74, 6) is -5.20. The molecule has 7 heteroatoms. The number of carboxylic acids is 3. The third-order valence-corrected chi connectivity index (χ3v) is 10.1. The van der Waals surface area contributed by atoms with E-state index in [4.69, 9.17) is 0 Å². The Labute approximate surface area is 225 Å². The molecule has 0 spiro atoms. The molecule has 8 atom stereocenters. The van der Waals surface area contributed by atoms with Crippen LogP contribution in [0.5, 0.6) is 0 Å². The van der Waals surface area contributed by atoms with Crippen molar-refractivity contribution in [2.24, 2.45) is 46.8 Å². The van der Waals surface area contributed by atoms with Gasteiger partial charge in [-0.1, -0.05) is 81.6 Å². The van der Waals surface area contributed by atoms with Gasteiger partial charge in [-0.3, -0.25) is 9.59 Å². The maximum atomic E-state index is 13.1. The average Bonchev–Trinajstić information content (AvgIpc) is 2.85. The summed E-state index contributed by atoms with van der Waals surface area (Å²) in [6.07, 6.45) is 3.57. The predicted octanol–water partition coefficient (Wildman–Crippen LogP) is 6.96. The Balaban J connectivity index is 6.75. The van der Waals surface area contributed by atoms with E-state index in [1.54, 1.807) is 0 Å². The first-order valence-electron chi connectivity index (χ1n) is 14.5. The van der Waals surface area contributed by atoms with Crippen molar-refractivity contribution in [1.82, 2.24) is 0 Å². The highest BCUT2D eigenvalue weighted by Crippen LogP contribution is 2.49. The van der Waals surface area contributed by atoms with Crippen LogP contribution in [0, 0.1) is 46.8 Å². The lowest BCUT2D eigenvalue weighted by Gasteiger charge is -2.46. The topological polar surface area (TPSA) is 132 Å². The van der Waals surface area contributed by atoms with Gasteiger partial charge in [-0.15, -0.1) is 0 Å². The second-order valence-corrected chi connectivity index (χ2v) is 12.1. The van der Waals surface area contributed by atoms with Crippen LogP contribution in [0.2, 0.25) is 0 Å². The Hall–Kier alpha value is -1.63. The highest BCUT2D eigenvalue weighted by atomic mass is 16.4. The smallest absolute Gasteiger partial charge is 0.337 e. The Morgan fingerprint density at radius 1 is 0.568 bits per heavy atom. The number of carboxylic acid groups (broad SMARTS) is 3. The lowest BCUT2D eigenvalue weighted by molar-refractivity contribution is -0.208. The fraction of sp³-hybridized carbons (Fsp3) is 0.900. The lowest BCUT2D eigenvalue weighted by atomic mass is 9.58. The zero-order valence-electron chi connectivity index (χ0n) is 24.9. The van der Waals surface area contributed by atoms with Crippen molar-refractivity contribution in [3.05, 3.63) is 0 Å². The molecule has 0 aromatic rings. The first-order chi connectivity index (χ1) is 17.1. The third kappa shape index (κ3) is 8.69. The first-order valence-corrected chi connectivity index (χ1v) is 14.5.